The number of nitrogens with one attached hydrogen (secondary N) is 1. The van der Waals surface area contributed by atoms with Crippen LogP contribution in [0.1, 0.15) is 38.2 Å². The zero-order valence-electron chi connectivity index (χ0n) is 13.0. The van der Waals surface area contributed by atoms with Crippen LogP contribution in [0.25, 0.3) is 0 Å². The Labute approximate surface area is 130 Å². The van der Waals surface area contributed by atoms with E-state index >= 15 is 0 Å². The van der Waals surface area contributed by atoms with Gasteiger partial charge in [0, 0.05) is 11.5 Å². The minimum absolute atomic E-state index is 0.00645. The molecule has 0 saturated heterocycles. The Bertz CT molecular complexity index is 614. The van der Waals surface area contributed by atoms with Gasteiger partial charge in [-0.05, 0) is 42.4 Å². The molecule has 5 heteroatoms. The number of phenolic OH excluding ortho intramolecular Hbond substituents is 1. The normalized spacial score (nSPS) is 29.9. The fraction of sp³-hybridized carbons (Fsp3) is 0.529. The van der Waals surface area contributed by atoms with Crippen LogP contribution in [0.5, 0.6) is 11.5 Å². The van der Waals surface area contributed by atoms with Gasteiger partial charge in [0.2, 0.25) is 5.91 Å². The van der Waals surface area contributed by atoms with Gasteiger partial charge in [0.15, 0.2) is 0 Å². The fourth-order valence-corrected chi connectivity index (χ4v) is 3.85. The number of hydrogen-bond acceptors (Lipinski definition) is 4. The molecule has 2 fully saturated rings. The lowest BCUT2D eigenvalue weighted by molar-refractivity contribution is -0.123. The lowest BCUT2D eigenvalue weighted by atomic mass is 9.90. The molecule has 1 aromatic rings. The molecule has 2 aliphatic rings. The number of benzene rings is 1. The van der Waals surface area contributed by atoms with Crippen molar-refractivity contribution in [3.8, 4) is 11.5 Å². The smallest absolute Gasteiger partial charge is 0.244 e. The number of phenols is 1. The number of nitrogens with zero attached hydrogens (tertiary/aromatic N) is 1. The molecule has 2 aliphatic carbocycles. The zero-order valence-corrected chi connectivity index (χ0v) is 13.0. The van der Waals surface area contributed by atoms with Gasteiger partial charge in [0.25, 0.3) is 0 Å². The Hall–Kier alpha value is -2.04. The standard InChI is InChI=1S/C17H22N2O3/c1-17-8-4-3-5-13(17)15(17)16(21)19-18-10-11-9-12(22-2)6-7-14(11)20/h6-7,9-10,13,15,20H,3-5,8H2,1-2H3,(H,19,21)/b18-10-/t13-,15+,17+/m1/s1. The van der Waals surface area contributed by atoms with Gasteiger partial charge in [0.1, 0.15) is 11.5 Å². The van der Waals surface area contributed by atoms with Gasteiger partial charge in [-0.1, -0.05) is 19.8 Å². The molecule has 3 rings (SSSR count). The summed E-state index contributed by atoms with van der Waals surface area (Å²) in [5, 5.41) is 13.8. The molecule has 3 atom stereocenters. The molecule has 118 valence electrons. The summed E-state index contributed by atoms with van der Waals surface area (Å²) in [6, 6.07) is 4.88. The predicted molar refractivity (Wildman–Crippen MR) is 84.0 cm³/mol. The average molecular weight is 302 g/mol. The van der Waals surface area contributed by atoms with Gasteiger partial charge in [-0.2, -0.15) is 5.10 Å². The lowest BCUT2D eigenvalue weighted by Crippen LogP contribution is -2.22. The maximum absolute atomic E-state index is 12.3. The maximum atomic E-state index is 12.3. The van der Waals surface area contributed by atoms with Crippen molar-refractivity contribution in [1.82, 2.24) is 5.43 Å². The van der Waals surface area contributed by atoms with Crippen molar-refractivity contribution in [3.05, 3.63) is 23.8 Å². The Morgan fingerprint density at radius 1 is 1.50 bits per heavy atom. The van der Waals surface area contributed by atoms with Crippen LogP contribution in [0.4, 0.5) is 0 Å². The maximum Gasteiger partial charge on any atom is 0.244 e. The fourth-order valence-electron chi connectivity index (χ4n) is 3.85. The second kappa shape index (κ2) is 5.63. The number of hydrazone groups is 1. The van der Waals surface area contributed by atoms with E-state index in [2.05, 4.69) is 17.5 Å². The van der Waals surface area contributed by atoms with E-state index in [1.165, 1.54) is 19.1 Å². The first kappa shape index (κ1) is 14.9. The van der Waals surface area contributed by atoms with Gasteiger partial charge >= 0.3 is 0 Å². The van der Waals surface area contributed by atoms with E-state index < -0.39 is 0 Å². The van der Waals surface area contributed by atoms with Crippen LogP contribution in [0.15, 0.2) is 23.3 Å². The molecule has 22 heavy (non-hydrogen) atoms. The number of fused-ring (bicyclic) bond motifs is 1. The Morgan fingerprint density at radius 3 is 3.00 bits per heavy atom. The van der Waals surface area contributed by atoms with E-state index in [1.807, 2.05) is 0 Å². The highest BCUT2D eigenvalue weighted by molar-refractivity contribution is 5.87. The van der Waals surface area contributed by atoms with Crippen LogP contribution >= 0.6 is 0 Å². The zero-order chi connectivity index (χ0) is 15.7. The third-order valence-electron chi connectivity index (χ3n) is 5.23. The summed E-state index contributed by atoms with van der Waals surface area (Å²) < 4.78 is 5.10. The van der Waals surface area contributed by atoms with Gasteiger partial charge < -0.3 is 9.84 Å². The van der Waals surface area contributed by atoms with Crippen molar-refractivity contribution >= 4 is 12.1 Å². The van der Waals surface area contributed by atoms with Gasteiger partial charge in [-0.15, -0.1) is 0 Å². The summed E-state index contributed by atoms with van der Waals surface area (Å²) in [5.41, 5.74) is 3.31. The molecule has 5 nitrogen and oxygen atoms in total. The first-order valence-corrected chi connectivity index (χ1v) is 7.76. The highest BCUT2D eigenvalue weighted by Gasteiger charge is 2.64. The Morgan fingerprint density at radius 2 is 2.32 bits per heavy atom. The predicted octanol–water partition coefficient (Wildman–Crippen LogP) is 2.68. The molecular weight excluding hydrogens is 280 g/mol. The van der Waals surface area contributed by atoms with E-state index in [4.69, 9.17) is 4.74 Å². The molecule has 0 spiro atoms. The Balaban J connectivity index is 1.62. The van der Waals surface area contributed by atoms with E-state index in [0.717, 1.165) is 12.8 Å². The summed E-state index contributed by atoms with van der Waals surface area (Å²) >= 11 is 0. The molecule has 0 heterocycles. The molecule has 0 bridgehead atoms. The molecule has 0 aromatic heterocycles. The first-order chi connectivity index (χ1) is 10.6. The summed E-state index contributed by atoms with van der Waals surface area (Å²) in [4.78, 5) is 12.3. The van der Waals surface area contributed by atoms with Crippen LogP contribution in [0.2, 0.25) is 0 Å². The number of ether oxygens (including phenoxy) is 1. The molecular formula is C17H22N2O3. The molecule has 2 N–H and O–H groups in total. The number of carbonyl (C=O) groups excluding carboxylic acids is 1. The third kappa shape index (κ3) is 2.56. The second-order valence-electron chi connectivity index (χ2n) is 6.49. The largest absolute Gasteiger partial charge is 0.507 e. The van der Waals surface area contributed by atoms with Crippen molar-refractivity contribution in [3.63, 3.8) is 0 Å². The van der Waals surface area contributed by atoms with Crippen LogP contribution in [-0.4, -0.2) is 24.3 Å². The number of rotatable bonds is 4. The van der Waals surface area contributed by atoms with Gasteiger partial charge in [-0.3, -0.25) is 4.79 Å². The van der Waals surface area contributed by atoms with Crippen LogP contribution < -0.4 is 10.2 Å². The van der Waals surface area contributed by atoms with E-state index in [0.29, 0.717) is 17.2 Å². The number of methoxy groups -OCH3 is 1. The molecule has 0 aliphatic heterocycles. The van der Waals surface area contributed by atoms with Crippen molar-refractivity contribution in [2.75, 3.05) is 7.11 Å². The average Bonchev–Trinajstić information content (AvgIpc) is 3.14. The minimum atomic E-state index is -0.00645. The van der Waals surface area contributed by atoms with Crippen molar-refractivity contribution in [1.29, 1.82) is 0 Å². The first-order valence-electron chi connectivity index (χ1n) is 7.76. The Kier molecular flexibility index (Phi) is 3.81. The van der Waals surface area contributed by atoms with Gasteiger partial charge in [0.05, 0.1) is 13.3 Å². The van der Waals surface area contributed by atoms with Crippen LogP contribution in [0.3, 0.4) is 0 Å². The van der Waals surface area contributed by atoms with Crippen LogP contribution in [0, 0.1) is 17.3 Å². The minimum Gasteiger partial charge on any atom is -0.507 e. The van der Waals surface area contributed by atoms with E-state index in [-0.39, 0.29) is 23.0 Å². The summed E-state index contributed by atoms with van der Waals surface area (Å²) in [6.45, 7) is 2.21. The molecule has 0 unspecified atom stereocenters. The monoisotopic (exact) mass is 302 g/mol. The molecule has 2 saturated carbocycles. The molecule has 1 aromatic carbocycles. The summed E-state index contributed by atoms with van der Waals surface area (Å²) in [5.74, 6) is 1.33. The topological polar surface area (TPSA) is 70.9 Å². The molecule has 0 radical (unpaired) electrons. The third-order valence-corrected chi connectivity index (χ3v) is 5.23. The molecule has 1 amide bonds. The highest BCUT2D eigenvalue weighted by atomic mass is 16.5. The summed E-state index contributed by atoms with van der Waals surface area (Å²) in [6.07, 6.45) is 6.18. The lowest BCUT2D eigenvalue weighted by Gasteiger charge is -2.15. The highest BCUT2D eigenvalue weighted by Crippen LogP contribution is 2.66. The van der Waals surface area contributed by atoms with Crippen molar-refractivity contribution < 1.29 is 14.6 Å². The van der Waals surface area contributed by atoms with Crippen molar-refractivity contribution in [2.24, 2.45) is 22.4 Å². The van der Waals surface area contributed by atoms with Crippen LogP contribution in [-0.2, 0) is 4.79 Å². The van der Waals surface area contributed by atoms with E-state index in [9.17, 15) is 9.90 Å². The quantitative estimate of drug-likeness (QED) is 0.663. The number of amides is 1. The number of aromatic hydroxyl groups is 1. The van der Waals surface area contributed by atoms with Gasteiger partial charge in [-0.25, -0.2) is 5.43 Å². The summed E-state index contributed by atoms with van der Waals surface area (Å²) in [7, 11) is 1.56. The van der Waals surface area contributed by atoms with E-state index in [1.54, 1.807) is 25.3 Å². The van der Waals surface area contributed by atoms with Crippen molar-refractivity contribution in [2.45, 2.75) is 32.6 Å². The SMILES string of the molecule is COc1ccc(O)c(/C=N\NC(=O)[C@@H]2[C@H]3CCCC[C@@]32C)c1. The number of hydrogen-bond donors (Lipinski definition) is 2. The second-order valence-corrected chi connectivity index (χ2v) is 6.49. The number of carbonyl (C=O) groups is 1.